The fraction of sp³-hybridized carbons (Fsp3) is 0.667. The summed E-state index contributed by atoms with van der Waals surface area (Å²) in [7, 11) is 1.79. The third-order valence-corrected chi connectivity index (χ3v) is 3.04. The van der Waals surface area contributed by atoms with Crippen molar-refractivity contribution < 1.29 is 15.0 Å². The van der Waals surface area contributed by atoms with E-state index in [1.165, 1.54) is 0 Å². The Bertz CT molecular complexity index is 365. The third kappa shape index (κ3) is 3.82. The number of aryl methyl sites for hydroxylation is 1. The van der Waals surface area contributed by atoms with Crippen LogP contribution in [0.3, 0.4) is 0 Å². The van der Waals surface area contributed by atoms with Crippen LogP contribution in [0, 0.1) is 0 Å². The summed E-state index contributed by atoms with van der Waals surface area (Å²) in [5.41, 5.74) is 0. The molecule has 0 aromatic carbocycles. The fourth-order valence-corrected chi connectivity index (χ4v) is 1.80. The highest BCUT2D eigenvalue weighted by Gasteiger charge is 2.11. The van der Waals surface area contributed by atoms with Gasteiger partial charge in [-0.2, -0.15) is 0 Å². The molecule has 6 nitrogen and oxygen atoms in total. The highest BCUT2D eigenvalue weighted by molar-refractivity contribution is 7.99. The highest BCUT2D eigenvalue weighted by Crippen LogP contribution is 2.16. The van der Waals surface area contributed by atoms with Crippen LogP contribution in [-0.4, -0.2) is 42.8 Å². The van der Waals surface area contributed by atoms with Gasteiger partial charge in [0.05, 0.1) is 11.9 Å². The standard InChI is InChI=1S/C9H15N3O3S/c1-6(13)3-4-7-10-11-9(12(7)2)16-5-8(14)15/h6,13H,3-5H2,1-2H3,(H,14,15). The molecule has 0 aliphatic carbocycles. The maximum atomic E-state index is 10.4. The van der Waals surface area contributed by atoms with Crippen LogP contribution < -0.4 is 0 Å². The number of nitrogens with zero attached hydrogens (tertiary/aromatic N) is 3. The lowest BCUT2D eigenvalue weighted by atomic mass is 10.2. The largest absolute Gasteiger partial charge is 0.481 e. The smallest absolute Gasteiger partial charge is 0.313 e. The molecule has 16 heavy (non-hydrogen) atoms. The number of aliphatic carboxylic acids is 1. The number of carboxylic acid groups (broad SMARTS) is 1. The van der Waals surface area contributed by atoms with Crippen LogP contribution in [0.5, 0.6) is 0 Å². The number of rotatable bonds is 6. The molecule has 0 amide bonds. The Morgan fingerprint density at radius 1 is 1.56 bits per heavy atom. The summed E-state index contributed by atoms with van der Waals surface area (Å²) >= 11 is 1.14. The van der Waals surface area contributed by atoms with Gasteiger partial charge in [-0.05, 0) is 13.3 Å². The van der Waals surface area contributed by atoms with Gasteiger partial charge < -0.3 is 14.8 Å². The van der Waals surface area contributed by atoms with E-state index in [2.05, 4.69) is 10.2 Å². The zero-order valence-corrected chi connectivity index (χ0v) is 10.1. The minimum Gasteiger partial charge on any atom is -0.481 e. The van der Waals surface area contributed by atoms with Crippen LogP contribution in [0.4, 0.5) is 0 Å². The second-order valence-electron chi connectivity index (χ2n) is 3.53. The number of carbonyl (C=O) groups is 1. The molecule has 0 saturated heterocycles. The summed E-state index contributed by atoms with van der Waals surface area (Å²) in [5.74, 6) is -0.144. The van der Waals surface area contributed by atoms with Crippen LogP contribution in [-0.2, 0) is 18.3 Å². The lowest BCUT2D eigenvalue weighted by Crippen LogP contribution is -2.06. The molecular formula is C9H15N3O3S. The monoisotopic (exact) mass is 245 g/mol. The molecule has 0 fully saturated rings. The molecule has 1 unspecified atom stereocenters. The van der Waals surface area contributed by atoms with Crippen LogP contribution in [0.2, 0.25) is 0 Å². The zero-order valence-electron chi connectivity index (χ0n) is 9.25. The molecule has 1 atom stereocenters. The van der Waals surface area contributed by atoms with E-state index in [1.807, 2.05) is 0 Å². The number of aliphatic hydroxyl groups excluding tert-OH is 1. The van der Waals surface area contributed by atoms with Gasteiger partial charge in [-0.25, -0.2) is 0 Å². The number of hydrogen-bond donors (Lipinski definition) is 2. The van der Waals surface area contributed by atoms with E-state index in [0.717, 1.165) is 17.6 Å². The Hall–Kier alpha value is -1.08. The Labute approximate surface area is 97.7 Å². The first-order chi connectivity index (χ1) is 7.50. The van der Waals surface area contributed by atoms with Gasteiger partial charge in [0.1, 0.15) is 5.82 Å². The molecule has 0 bridgehead atoms. The van der Waals surface area contributed by atoms with E-state index in [9.17, 15) is 4.79 Å². The lowest BCUT2D eigenvalue weighted by molar-refractivity contribution is -0.133. The fourth-order valence-electron chi connectivity index (χ4n) is 1.15. The quantitative estimate of drug-likeness (QED) is 0.701. The molecule has 1 rings (SSSR count). The Balaban J connectivity index is 2.57. The van der Waals surface area contributed by atoms with E-state index in [4.69, 9.17) is 10.2 Å². The van der Waals surface area contributed by atoms with Crippen molar-refractivity contribution in [1.82, 2.24) is 14.8 Å². The topological polar surface area (TPSA) is 88.2 Å². The van der Waals surface area contributed by atoms with Gasteiger partial charge in [0.25, 0.3) is 0 Å². The van der Waals surface area contributed by atoms with Crippen LogP contribution in [0.25, 0.3) is 0 Å². The summed E-state index contributed by atoms with van der Waals surface area (Å²) in [6.07, 6.45) is 0.886. The van der Waals surface area contributed by atoms with E-state index in [1.54, 1.807) is 18.5 Å². The number of carboxylic acids is 1. The van der Waals surface area contributed by atoms with Gasteiger partial charge >= 0.3 is 5.97 Å². The average molecular weight is 245 g/mol. The number of thioether (sulfide) groups is 1. The highest BCUT2D eigenvalue weighted by atomic mass is 32.2. The zero-order chi connectivity index (χ0) is 12.1. The first kappa shape index (κ1) is 13.0. The van der Waals surface area contributed by atoms with Crippen LogP contribution >= 0.6 is 11.8 Å². The first-order valence-electron chi connectivity index (χ1n) is 4.91. The predicted molar refractivity (Wildman–Crippen MR) is 59.4 cm³/mol. The van der Waals surface area contributed by atoms with Gasteiger partial charge in [-0.1, -0.05) is 11.8 Å². The molecule has 0 aliphatic rings. The van der Waals surface area contributed by atoms with E-state index >= 15 is 0 Å². The second kappa shape index (κ2) is 5.86. The molecule has 0 spiro atoms. The maximum Gasteiger partial charge on any atom is 0.313 e. The first-order valence-corrected chi connectivity index (χ1v) is 5.90. The van der Waals surface area contributed by atoms with Crippen molar-refractivity contribution in [2.24, 2.45) is 7.05 Å². The van der Waals surface area contributed by atoms with E-state index in [-0.39, 0.29) is 11.9 Å². The minimum absolute atomic E-state index is 0.0254. The van der Waals surface area contributed by atoms with Crippen LogP contribution in [0.15, 0.2) is 5.16 Å². The van der Waals surface area contributed by atoms with Gasteiger partial charge in [-0.3, -0.25) is 4.79 Å². The molecule has 1 aromatic rings. The normalized spacial score (nSPS) is 12.7. The minimum atomic E-state index is -0.876. The Morgan fingerprint density at radius 2 is 2.25 bits per heavy atom. The van der Waals surface area contributed by atoms with Gasteiger partial charge in [0.15, 0.2) is 5.16 Å². The van der Waals surface area contributed by atoms with Crippen molar-refractivity contribution in [3.63, 3.8) is 0 Å². The van der Waals surface area contributed by atoms with Crippen molar-refractivity contribution in [3.8, 4) is 0 Å². The maximum absolute atomic E-state index is 10.4. The molecule has 2 N–H and O–H groups in total. The molecule has 0 saturated carbocycles. The molecular weight excluding hydrogens is 230 g/mol. The SMILES string of the molecule is CC(O)CCc1nnc(SCC(=O)O)n1C. The summed E-state index contributed by atoms with van der Waals surface area (Å²) < 4.78 is 1.76. The van der Waals surface area contributed by atoms with Gasteiger partial charge in [0.2, 0.25) is 0 Å². The molecule has 0 aliphatic heterocycles. The Kier molecular flexibility index (Phi) is 4.75. The van der Waals surface area contributed by atoms with Crippen molar-refractivity contribution in [1.29, 1.82) is 0 Å². The lowest BCUT2D eigenvalue weighted by Gasteiger charge is -2.04. The second-order valence-corrected chi connectivity index (χ2v) is 4.47. The summed E-state index contributed by atoms with van der Waals surface area (Å²) in [6.45, 7) is 1.72. The third-order valence-electron chi connectivity index (χ3n) is 2.04. The van der Waals surface area contributed by atoms with E-state index in [0.29, 0.717) is 18.0 Å². The molecule has 1 heterocycles. The number of hydrogen-bond acceptors (Lipinski definition) is 5. The summed E-state index contributed by atoms with van der Waals surface area (Å²) in [4.78, 5) is 10.4. The van der Waals surface area contributed by atoms with Gasteiger partial charge in [0, 0.05) is 13.5 Å². The molecule has 90 valence electrons. The molecule has 1 aromatic heterocycles. The van der Waals surface area contributed by atoms with Gasteiger partial charge in [-0.15, -0.1) is 10.2 Å². The Morgan fingerprint density at radius 3 is 2.81 bits per heavy atom. The number of aromatic nitrogens is 3. The molecule has 7 heteroatoms. The van der Waals surface area contributed by atoms with E-state index < -0.39 is 5.97 Å². The summed E-state index contributed by atoms with van der Waals surface area (Å²) in [6, 6.07) is 0. The van der Waals surface area contributed by atoms with Crippen molar-refractivity contribution in [3.05, 3.63) is 5.82 Å². The average Bonchev–Trinajstić information content (AvgIpc) is 2.53. The number of aliphatic hydroxyl groups is 1. The van der Waals surface area contributed by atoms with Crippen LogP contribution in [0.1, 0.15) is 19.2 Å². The molecule has 0 radical (unpaired) electrons. The van der Waals surface area contributed by atoms with Crippen molar-refractivity contribution in [2.45, 2.75) is 31.0 Å². The van der Waals surface area contributed by atoms with Crippen molar-refractivity contribution in [2.75, 3.05) is 5.75 Å². The predicted octanol–water partition coefficient (Wildman–Crippen LogP) is 0.305. The van der Waals surface area contributed by atoms with Crippen molar-refractivity contribution >= 4 is 17.7 Å². The summed E-state index contributed by atoms with van der Waals surface area (Å²) in [5, 5.41) is 26.1.